The molecule has 11 heavy (non-hydrogen) atoms. The molecule has 0 rings (SSSR count). The van der Waals surface area contributed by atoms with Crippen molar-refractivity contribution in [1.29, 1.82) is 0 Å². The molecule has 3 nitrogen and oxygen atoms in total. The van der Waals surface area contributed by atoms with Crippen molar-refractivity contribution in [2.45, 2.75) is 0 Å². The molecule has 0 aromatic rings. The smallest absolute Gasteiger partial charge is 0.296 e. The zero-order valence-corrected chi connectivity index (χ0v) is 7.14. The molecule has 0 aliphatic carbocycles. The fraction of sp³-hybridized carbons (Fsp3) is 0.429. The quantitative estimate of drug-likeness (QED) is 0.470. The van der Waals surface area contributed by atoms with Gasteiger partial charge in [0.1, 0.15) is 13.2 Å². The maximum atomic E-state index is 11.1. The van der Waals surface area contributed by atoms with E-state index in [-0.39, 0.29) is 13.2 Å². The molecule has 0 aliphatic rings. The molecule has 60 valence electrons. The molecular weight excluding hydrogens is 163 g/mol. The van der Waals surface area contributed by atoms with Gasteiger partial charge in [-0.05, 0) is 0 Å². The summed E-state index contributed by atoms with van der Waals surface area (Å²) in [5, 5.41) is 0. The van der Waals surface area contributed by atoms with Gasteiger partial charge in [0.25, 0.3) is 0 Å². The Hall–Kier alpha value is -0.730. The molecule has 0 saturated carbocycles. The predicted octanol–water partition coefficient (Wildman–Crippen LogP) is 1.11. The van der Waals surface area contributed by atoms with Gasteiger partial charge in [-0.15, -0.1) is 12.8 Å². The zero-order chi connectivity index (χ0) is 8.74. The highest BCUT2D eigenvalue weighted by Crippen LogP contribution is 2.43. The van der Waals surface area contributed by atoms with E-state index in [1.54, 1.807) is 0 Å². The van der Waals surface area contributed by atoms with Crippen LogP contribution >= 0.6 is 7.60 Å². The van der Waals surface area contributed by atoms with Crippen LogP contribution in [0.15, 0.2) is 0 Å². The molecule has 0 amide bonds. The van der Waals surface area contributed by atoms with Crippen molar-refractivity contribution in [3.05, 3.63) is 0 Å². The minimum Gasteiger partial charge on any atom is -0.296 e. The first kappa shape index (κ1) is 10.3. The molecule has 0 aromatic carbocycles. The second-order valence-corrected chi connectivity index (χ2v) is 3.79. The van der Waals surface area contributed by atoms with Crippen molar-refractivity contribution in [3.8, 4) is 24.7 Å². The summed E-state index contributed by atoms with van der Waals surface area (Å²) in [6.45, 7) is 1.26. The maximum Gasteiger partial charge on any atom is 0.329 e. The third-order valence-corrected chi connectivity index (χ3v) is 1.96. The van der Waals surface area contributed by atoms with Gasteiger partial charge in [0.2, 0.25) is 0 Å². The van der Waals surface area contributed by atoms with E-state index in [4.69, 9.17) is 12.8 Å². The van der Waals surface area contributed by atoms with Crippen LogP contribution in [-0.4, -0.2) is 19.9 Å². The first-order valence-electron chi connectivity index (χ1n) is 2.86. The van der Waals surface area contributed by atoms with Gasteiger partial charge in [0.05, 0.1) is 0 Å². The molecule has 0 saturated heterocycles. The SMILES string of the molecule is C#CCOP(C)(=O)OCC#C. The topological polar surface area (TPSA) is 35.5 Å². The molecule has 0 N–H and O–H groups in total. The van der Waals surface area contributed by atoms with Crippen LogP contribution in [0.3, 0.4) is 0 Å². The third-order valence-electron chi connectivity index (χ3n) is 0.765. The monoisotopic (exact) mass is 172 g/mol. The Labute approximate surface area is 66.6 Å². The van der Waals surface area contributed by atoms with Gasteiger partial charge in [-0.25, -0.2) is 0 Å². The summed E-state index contributed by atoms with van der Waals surface area (Å²) in [7, 11) is -3.01. The summed E-state index contributed by atoms with van der Waals surface area (Å²) in [5.41, 5.74) is 0. The lowest BCUT2D eigenvalue weighted by Gasteiger charge is -2.09. The molecule has 0 radical (unpaired) electrons. The van der Waals surface area contributed by atoms with Crippen LogP contribution in [0, 0.1) is 24.7 Å². The van der Waals surface area contributed by atoms with Crippen molar-refractivity contribution in [1.82, 2.24) is 0 Å². The molecule has 0 spiro atoms. The van der Waals surface area contributed by atoms with Gasteiger partial charge in [-0.3, -0.25) is 13.6 Å². The second kappa shape index (κ2) is 4.99. The highest BCUT2D eigenvalue weighted by Gasteiger charge is 2.14. The van der Waals surface area contributed by atoms with Gasteiger partial charge in [0, 0.05) is 6.66 Å². The highest BCUT2D eigenvalue weighted by atomic mass is 31.2. The number of rotatable bonds is 4. The Bertz CT molecular complexity index is 211. The Morgan fingerprint density at radius 2 is 1.64 bits per heavy atom. The number of hydrogen-bond donors (Lipinski definition) is 0. The first-order valence-corrected chi connectivity index (χ1v) is 4.85. The maximum absolute atomic E-state index is 11.1. The summed E-state index contributed by atoms with van der Waals surface area (Å²) in [6.07, 6.45) is 9.74. The van der Waals surface area contributed by atoms with Crippen molar-refractivity contribution < 1.29 is 13.6 Å². The fourth-order valence-corrected chi connectivity index (χ4v) is 1.04. The zero-order valence-electron chi connectivity index (χ0n) is 6.24. The minimum atomic E-state index is -3.01. The van der Waals surface area contributed by atoms with Gasteiger partial charge in [-0.1, -0.05) is 11.8 Å². The Morgan fingerprint density at radius 1 is 1.27 bits per heavy atom. The summed E-state index contributed by atoms with van der Waals surface area (Å²) >= 11 is 0. The molecule has 0 unspecified atom stereocenters. The van der Waals surface area contributed by atoms with E-state index < -0.39 is 7.60 Å². The van der Waals surface area contributed by atoms with Crippen LogP contribution in [0.2, 0.25) is 0 Å². The molecule has 0 heterocycles. The van der Waals surface area contributed by atoms with Crippen molar-refractivity contribution in [2.75, 3.05) is 19.9 Å². The lowest BCUT2D eigenvalue weighted by Crippen LogP contribution is -1.94. The second-order valence-electron chi connectivity index (χ2n) is 1.73. The van der Waals surface area contributed by atoms with E-state index in [0.29, 0.717) is 0 Å². The number of terminal acetylenes is 2. The molecule has 0 aromatic heterocycles. The standard InChI is InChI=1S/C7H9O3P/c1-4-6-9-11(3,8)10-7-5-2/h1-2H,6-7H2,3H3. The van der Waals surface area contributed by atoms with Crippen molar-refractivity contribution in [3.63, 3.8) is 0 Å². The average Bonchev–Trinajstić information content (AvgIpc) is 1.97. The van der Waals surface area contributed by atoms with Crippen LogP contribution in [-0.2, 0) is 13.6 Å². The molecular formula is C7H9O3P. The van der Waals surface area contributed by atoms with Crippen LogP contribution in [0.5, 0.6) is 0 Å². The predicted molar refractivity (Wildman–Crippen MR) is 43.1 cm³/mol. The fourth-order valence-electron chi connectivity index (χ4n) is 0.346. The van der Waals surface area contributed by atoms with Crippen LogP contribution in [0.1, 0.15) is 0 Å². The Kier molecular flexibility index (Phi) is 4.66. The Morgan fingerprint density at radius 3 is 1.91 bits per heavy atom. The Balaban J connectivity index is 3.75. The average molecular weight is 172 g/mol. The van der Waals surface area contributed by atoms with Gasteiger partial charge in [-0.2, -0.15) is 0 Å². The molecule has 0 aliphatic heterocycles. The van der Waals surface area contributed by atoms with E-state index in [2.05, 4.69) is 20.9 Å². The molecule has 4 heteroatoms. The van der Waals surface area contributed by atoms with E-state index in [0.717, 1.165) is 0 Å². The van der Waals surface area contributed by atoms with Gasteiger partial charge >= 0.3 is 7.60 Å². The van der Waals surface area contributed by atoms with Crippen LogP contribution in [0.4, 0.5) is 0 Å². The molecule has 0 atom stereocenters. The summed E-state index contributed by atoms with van der Waals surface area (Å²) in [5.74, 6) is 4.35. The van der Waals surface area contributed by atoms with Gasteiger partial charge < -0.3 is 0 Å². The van der Waals surface area contributed by atoms with E-state index in [1.165, 1.54) is 6.66 Å². The number of hydrogen-bond acceptors (Lipinski definition) is 3. The van der Waals surface area contributed by atoms with E-state index >= 15 is 0 Å². The third kappa shape index (κ3) is 5.70. The summed E-state index contributed by atoms with van der Waals surface area (Å²) in [6, 6.07) is 0. The van der Waals surface area contributed by atoms with Crippen molar-refractivity contribution in [2.24, 2.45) is 0 Å². The minimum absolute atomic E-state index is 0.0294. The highest BCUT2D eigenvalue weighted by molar-refractivity contribution is 7.52. The van der Waals surface area contributed by atoms with Crippen molar-refractivity contribution >= 4 is 7.60 Å². The van der Waals surface area contributed by atoms with Gasteiger partial charge in [0.15, 0.2) is 0 Å². The molecule has 0 fully saturated rings. The van der Waals surface area contributed by atoms with E-state index in [1.807, 2.05) is 0 Å². The largest absolute Gasteiger partial charge is 0.329 e. The summed E-state index contributed by atoms with van der Waals surface area (Å²) < 4.78 is 20.5. The summed E-state index contributed by atoms with van der Waals surface area (Å²) in [4.78, 5) is 0. The van der Waals surface area contributed by atoms with Crippen LogP contribution in [0.25, 0.3) is 0 Å². The first-order chi connectivity index (χ1) is 5.12. The molecule has 0 bridgehead atoms. The van der Waals surface area contributed by atoms with Crippen LogP contribution < -0.4 is 0 Å². The normalized spacial score (nSPS) is 10.1. The lowest BCUT2D eigenvalue weighted by molar-refractivity contribution is 0.248. The van der Waals surface area contributed by atoms with E-state index in [9.17, 15) is 4.57 Å². The lowest BCUT2D eigenvalue weighted by atomic mass is 10.8.